The van der Waals surface area contributed by atoms with E-state index in [1.54, 1.807) is 0 Å². The monoisotopic (exact) mass is 208 g/mol. The second-order valence-electron chi connectivity index (χ2n) is 2.09. The molecule has 7 heteroatoms. The predicted octanol–water partition coefficient (Wildman–Crippen LogP) is -0.828. The highest BCUT2D eigenvalue weighted by atomic mass is 32.2. The molecule has 0 radical (unpaired) electrons. The van der Waals surface area contributed by atoms with E-state index in [4.69, 9.17) is 4.55 Å². The average Bonchev–Trinajstić information content (AvgIpc) is 1.96. The Bertz CT molecular complexity index is 314. The third kappa shape index (κ3) is 6.00. The standard InChI is InChI=1S/C6H8O6S/c1-5(4-13(9,10)11)6(8)12-3-2-7/h2H,1,3-4H2,(H,9,10,11). The molecule has 0 unspecified atom stereocenters. The Labute approximate surface area is 74.9 Å². The van der Waals surface area contributed by atoms with Crippen LogP contribution in [0.25, 0.3) is 0 Å². The fraction of sp³-hybridized carbons (Fsp3) is 0.333. The Morgan fingerprint density at radius 1 is 1.54 bits per heavy atom. The van der Waals surface area contributed by atoms with Crippen LogP contribution < -0.4 is 0 Å². The van der Waals surface area contributed by atoms with Crippen LogP contribution in [0, 0.1) is 0 Å². The van der Waals surface area contributed by atoms with Crippen LogP contribution in [-0.2, 0) is 24.4 Å². The lowest BCUT2D eigenvalue weighted by Gasteiger charge is -2.01. The van der Waals surface area contributed by atoms with Gasteiger partial charge in [-0.05, 0) is 0 Å². The summed E-state index contributed by atoms with van der Waals surface area (Å²) in [5, 5.41) is 0. The molecule has 0 heterocycles. The molecule has 0 aliphatic heterocycles. The Balaban J connectivity index is 4.13. The highest BCUT2D eigenvalue weighted by Crippen LogP contribution is 1.98. The summed E-state index contributed by atoms with van der Waals surface area (Å²) in [6.45, 7) is 2.59. The van der Waals surface area contributed by atoms with E-state index in [1.807, 2.05) is 0 Å². The van der Waals surface area contributed by atoms with Gasteiger partial charge in [-0.25, -0.2) is 4.79 Å². The van der Waals surface area contributed by atoms with Crippen molar-refractivity contribution in [1.29, 1.82) is 0 Å². The SMILES string of the molecule is C=C(CS(=O)(=O)O)C(=O)OCC=O. The minimum Gasteiger partial charge on any atom is -0.455 e. The van der Waals surface area contributed by atoms with Crippen molar-refractivity contribution >= 4 is 22.4 Å². The first-order chi connectivity index (χ1) is 5.87. The second-order valence-corrected chi connectivity index (χ2v) is 3.55. The van der Waals surface area contributed by atoms with E-state index >= 15 is 0 Å². The molecule has 0 aliphatic carbocycles. The fourth-order valence-electron chi connectivity index (χ4n) is 0.491. The van der Waals surface area contributed by atoms with E-state index in [-0.39, 0.29) is 0 Å². The van der Waals surface area contributed by atoms with Gasteiger partial charge in [-0.1, -0.05) is 6.58 Å². The molecule has 6 nitrogen and oxygen atoms in total. The lowest BCUT2D eigenvalue weighted by molar-refractivity contribution is -0.141. The number of rotatable bonds is 5. The van der Waals surface area contributed by atoms with E-state index in [0.717, 1.165) is 0 Å². The summed E-state index contributed by atoms with van der Waals surface area (Å²) in [4.78, 5) is 20.5. The summed E-state index contributed by atoms with van der Waals surface area (Å²) in [6.07, 6.45) is 0.332. The van der Waals surface area contributed by atoms with E-state index in [0.29, 0.717) is 6.29 Å². The molecule has 0 atom stereocenters. The number of esters is 1. The van der Waals surface area contributed by atoms with Crippen molar-refractivity contribution in [2.45, 2.75) is 0 Å². The third-order valence-electron chi connectivity index (χ3n) is 0.928. The van der Waals surface area contributed by atoms with Crippen LogP contribution in [-0.4, -0.2) is 37.6 Å². The van der Waals surface area contributed by atoms with Crippen molar-refractivity contribution in [3.63, 3.8) is 0 Å². The largest absolute Gasteiger partial charge is 0.455 e. The number of aldehydes is 1. The van der Waals surface area contributed by atoms with Crippen LogP contribution in [0.15, 0.2) is 12.2 Å². The van der Waals surface area contributed by atoms with E-state index < -0.39 is 34.0 Å². The van der Waals surface area contributed by atoms with Gasteiger partial charge in [-0.2, -0.15) is 8.42 Å². The van der Waals surface area contributed by atoms with Crippen LogP contribution in [0.1, 0.15) is 0 Å². The summed E-state index contributed by atoms with van der Waals surface area (Å²) in [6, 6.07) is 0. The molecule has 0 amide bonds. The number of hydrogen-bond acceptors (Lipinski definition) is 5. The summed E-state index contributed by atoms with van der Waals surface area (Å²) < 4.78 is 33.0. The highest BCUT2D eigenvalue weighted by Gasteiger charge is 2.15. The number of carbonyl (C=O) groups is 2. The van der Waals surface area contributed by atoms with Crippen molar-refractivity contribution in [3.8, 4) is 0 Å². The second kappa shape index (κ2) is 4.73. The number of hydrogen-bond donors (Lipinski definition) is 1. The van der Waals surface area contributed by atoms with Gasteiger partial charge in [0.05, 0.1) is 0 Å². The summed E-state index contributed by atoms with van der Waals surface area (Å²) in [5.41, 5.74) is -0.427. The Morgan fingerprint density at radius 2 is 2.08 bits per heavy atom. The first kappa shape index (κ1) is 11.8. The minimum atomic E-state index is -4.28. The molecule has 0 aromatic rings. The van der Waals surface area contributed by atoms with Gasteiger partial charge in [0.1, 0.15) is 12.4 Å². The summed E-state index contributed by atoms with van der Waals surface area (Å²) in [5.74, 6) is -1.92. The predicted molar refractivity (Wildman–Crippen MR) is 42.6 cm³/mol. The minimum absolute atomic E-state index is 0.332. The molecule has 0 spiro atoms. The quantitative estimate of drug-likeness (QED) is 0.274. The lowest BCUT2D eigenvalue weighted by atomic mass is 10.4. The molecule has 0 rings (SSSR count). The molecule has 0 saturated carbocycles. The fourth-order valence-corrected chi connectivity index (χ4v) is 1.05. The van der Waals surface area contributed by atoms with E-state index in [9.17, 15) is 18.0 Å². The van der Waals surface area contributed by atoms with E-state index in [2.05, 4.69) is 11.3 Å². The summed E-state index contributed by atoms with van der Waals surface area (Å²) >= 11 is 0. The van der Waals surface area contributed by atoms with Gasteiger partial charge in [-0.15, -0.1) is 0 Å². The molecule has 0 saturated heterocycles. The van der Waals surface area contributed by atoms with Gasteiger partial charge < -0.3 is 4.74 Å². The van der Waals surface area contributed by atoms with Crippen molar-refractivity contribution < 1.29 is 27.3 Å². The van der Waals surface area contributed by atoms with Gasteiger partial charge in [0, 0.05) is 5.57 Å². The van der Waals surface area contributed by atoms with Crippen molar-refractivity contribution in [3.05, 3.63) is 12.2 Å². The Hall–Kier alpha value is -1.21. The topological polar surface area (TPSA) is 97.7 Å². The third-order valence-corrected chi connectivity index (χ3v) is 1.64. The smallest absolute Gasteiger partial charge is 0.334 e. The van der Waals surface area contributed by atoms with Crippen LogP contribution in [0.5, 0.6) is 0 Å². The maximum Gasteiger partial charge on any atom is 0.334 e. The first-order valence-corrected chi connectivity index (χ1v) is 4.71. The maximum absolute atomic E-state index is 10.7. The zero-order valence-electron chi connectivity index (χ0n) is 6.60. The van der Waals surface area contributed by atoms with Gasteiger partial charge in [0.25, 0.3) is 10.1 Å². The number of ether oxygens (including phenoxy) is 1. The Morgan fingerprint density at radius 3 is 2.46 bits per heavy atom. The van der Waals surface area contributed by atoms with Gasteiger partial charge in [0.15, 0.2) is 6.29 Å². The highest BCUT2D eigenvalue weighted by molar-refractivity contribution is 7.86. The van der Waals surface area contributed by atoms with E-state index in [1.165, 1.54) is 0 Å². The van der Waals surface area contributed by atoms with Gasteiger partial charge in [-0.3, -0.25) is 9.35 Å². The van der Waals surface area contributed by atoms with Crippen molar-refractivity contribution in [2.75, 3.05) is 12.4 Å². The van der Waals surface area contributed by atoms with Crippen molar-refractivity contribution in [1.82, 2.24) is 0 Å². The van der Waals surface area contributed by atoms with Crippen LogP contribution in [0.4, 0.5) is 0 Å². The molecule has 0 aromatic heterocycles. The molecule has 0 aromatic carbocycles. The van der Waals surface area contributed by atoms with Gasteiger partial charge in [0.2, 0.25) is 0 Å². The summed E-state index contributed by atoms with van der Waals surface area (Å²) in [7, 11) is -4.28. The molecule has 1 N–H and O–H groups in total. The van der Waals surface area contributed by atoms with Gasteiger partial charge >= 0.3 is 5.97 Å². The van der Waals surface area contributed by atoms with Crippen LogP contribution >= 0.6 is 0 Å². The Kier molecular flexibility index (Phi) is 4.29. The molecular weight excluding hydrogens is 200 g/mol. The first-order valence-electron chi connectivity index (χ1n) is 3.10. The normalized spacial score (nSPS) is 10.5. The average molecular weight is 208 g/mol. The molecular formula is C6H8O6S. The zero-order chi connectivity index (χ0) is 10.5. The lowest BCUT2D eigenvalue weighted by Crippen LogP contribution is -2.16. The molecule has 0 fully saturated rings. The zero-order valence-corrected chi connectivity index (χ0v) is 7.41. The van der Waals surface area contributed by atoms with Crippen molar-refractivity contribution in [2.24, 2.45) is 0 Å². The number of carbonyl (C=O) groups excluding carboxylic acids is 2. The molecule has 74 valence electrons. The van der Waals surface area contributed by atoms with Crippen LogP contribution in [0.2, 0.25) is 0 Å². The van der Waals surface area contributed by atoms with Crippen LogP contribution in [0.3, 0.4) is 0 Å². The maximum atomic E-state index is 10.7. The molecule has 13 heavy (non-hydrogen) atoms. The molecule has 0 aliphatic rings. The molecule has 0 bridgehead atoms.